The standard InChI is InChI=1S/C20H23ClN6O/c1-22-20(24-10-9-16-5-8-18(28-2)11-19(16)21)25-12-15-3-6-17(7-4-15)27-14-23-13-26-27/h3-8,11,13-14H,9-10,12H2,1-2H3,(H2,22,24,25). The van der Waals surface area contributed by atoms with Gasteiger partial charge in [0.2, 0.25) is 0 Å². The number of aromatic nitrogens is 3. The number of ether oxygens (including phenoxy) is 1. The van der Waals surface area contributed by atoms with Crippen molar-refractivity contribution in [1.82, 2.24) is 25.4 Å². The fourth-order valence-electron chi connectivity index (χ4n) is 2.69. The van der Waals surface area contributed by atoms with E-state index in [1.807, 2.05) is 30.3 Å². The molecular weight excluding hydrogens is 376 g/mol. The lowest BCUT2D eigenvalue weighted by molar-refractivity contribution is 0.414. The first kappa shape index (κ1) is 19.7. The third-order valence-corrected chi connectivity index (χ3v) is 4.60. The lowest BCUT2D eigenvalue weighted by Crippen LogP contribution is -2.37. The Morgan fingerprint density at radius 3 is 2.64 bits per heavy atom. The zero-order valence-electron chi connectivity index (χ0n) is 15.9. The second-order valence-electron chi connectivity index (χ2n) is 6.07. The van der Waals surface area contributed by atoms with Gasteiger partial charge < -0.3 is 15.4 Å². The molecule has 0 spiro atoms. The van der Waals surface area contributed by atoms with Gasteiger partial charge >= 0.3 is 0 Å². The lowest BCUT2D eigenvalue weighted by atomic mass is 10.1. The summed E-state index contributed by atoms with van der Waals surface area (Å²) in [6, 6.07) is 13.8. The van der Waals surface area contributed by atoms with Crippen molar-refractivity contribution in [2.75, 3.05) is 20.7 Å². The topological polar surface area (TPSA) is 76.4 Å². The van der Waals surface area contributed by atoms with E-state index in [0.717, 1.165) is 41.5 Å². The maximum atomic E-state index is 6.28. The molecule has 2 aromatic carbocycles. The first-order valence-corrected chi connectivity index (χ1v) is 9.28. The Hall–Kier alpha value is -3.06. The molecule has 7 nitrogen and oxygen atoms in total. The molecule has 8 heteroatoms. The molecule has 0 aliphatic carbocycles. The number of aliphatic imine (C=N–C) groups is 1. The van der Waals surface area contributed by atoms with E-state index in [1.54, 1.807) is 25.2 Å². The third-order valence-electron chi connectivity index (χ3n) is 4.25. The Bertz CT molecular complexity index is 909. The summed E-state index contributed by atoms with van der Waals surface area (Å²) in [6.07, 6.45) is 3.98. The zero-order valence-corrected chi connectivity index (χ0v) is 16.6. The van der Waals surface area contributed by atoms with Gasteiger partial charge in [0.05, 0.1) is 12.8 Å². The van der Waals surface area contributed by atoms with E-state index in [4.69, 9.17) is 16.3 Å². The van der Waals surface area contributed by atoms with E-state index < -0.39 is 0 Å². The maximum absolute atomic E-state index is 6.28. The normalized spacial score (nSPS) is 11.3. The summed E-state index contributed by atoms with van der Waals surface area (Å²) in [5.74, 6) is 1.50. The predicted molar refractivity (Wildman–Crippen MR) is 111 cm³/mol. The molecule has 0 amide bonds. The van der Waals surface area contributed by atoms with Gasteiger partial charge in [-0.1, -0.05) is 29.8 Å². The van der Waals surface area contributed by atoms with Crippen molar-refractivity contribution in [3.8, 4) is 11.4 Å². The van der Waals surface area contributed by atoms with Crippen LogP contribution in [0.15, 0.2) is 60.1 Å². The van der Waals surface area contributed by atoms with Crippen LogP contribution in [0, 0.1) is 0 Å². The van der Waals surface area contributed by atoms with Crippen molar-refractivity contribution in [2.24, 2.45) is 4.99 Å². The summed E-state index contributed by atoms with van der Waals surface area (Å²) in [4.78, 5) is 8.22. The fraction of sp³-hybridized carbons (Fsp3) is 0.250. The minimum Gasteiger partial charge on any atom is -0.497 e. The number of hydrogen-bond acceptors (Lipinski definition) is 4. The summed E-state index contributed by atoms with van der Waals surface area (Å²) in [5.41, 5.74) is 3.18. The van der Waals surface area contributed by atoms with Crippen molar-refractivity contribution in [3.63, 3.8) is 0 Å². The van der Waals surface area contributed by atoms with Crippen LogP contribution in [0.3, 0.4) is 0 Å². The molecule has 0 unspecified atom stereocenters. The molecule has 1 aromatic heterocycles. The second-order valence-corrected chi connectivity index (χ2v) is 6.47. The van der Waals surface area contributed by atoms with Gasteiger partial charge in [-0.2, -0.15) is 5.10 Å². The van der Waals surface area contributed by atoms with Crippen LogP contribution in [-0.4, -0.2) is 41.4 Å². The van der Waals surface area contributed by atoms with Crippen molar-refractivity contribution in [1.29, 1.82) is 0 Å². The molecule has 0 atom stereocenters. The van der Waals surface area contributed by atoms with Crippen molar-refractivity contribution in [2.45, 2.75) is 13.0 Å². The second kappa shape index (κ2) is 9.75. The molecule has 3 rings (SSSR count). The van der Waals surface area contributed by atoms with Gasteiger partial charge in [0.1, 0.15) is 18.4 Å². The highest BCUT2D eigenvalue weighted by Crippen LogP contribution is 2.22. The number of halogens is 1. The Morgan fingerprint density at radius 2 is 2.00 bits per heavy atom. The molecule has 0 radical (unpaired) electrons. The fourth-order valence-corrected chi connectivity index (χ4v) is 2.95. The van der Waals surface area contributed by atoms with Crippen LogP contribution in [0.5, 0.6) is 5.75 Å². The molecule has 0 aliphatic rings. The Balaban J connectivity index is 1.47. The molecule has 28 heavy (non-hydrogen) atoms. The lowest BCUT2D eigenvalue weighted by Gasteiger charge is -2.13. The Kier molecular flexibility index (Phi) is 6.86. The highest BCUT2D eigenvalue weighted by molar-refractivity contribution is 6.31. The molecular formula is C20H23ClN6O. The van der Waals surface area contributed by atoms with Crippen molar-refractivity contribution < 1.29 is 4.74 Å². The minimum atomic E-state index is 0.667. The van der Waals surface area contributed by atoms with Gasteiger partial charge in [0.25, 0.3) is 0 Å². The quantitative estimate of drug-likeness (QED) is 0.472. The van der Waals surface area contributed by atoms with Gasteiger partial charge in [0.15, 0.2) is 5.96 Å². The van der Waals surface area contributed by atoms with Crippen LogP contribution in [0.25, 0.3) is 5.69 Å². The zero-order chi connectivity index (χ0) is 19.8. The van der Waals surface area contributed by atoms with E-state index in [1.165, 1.54) is 6.33 Å². The van der Waals surface area contributed by atoms with Gasteiger partial charge in [0, 0.05) is 25.2 Å². The number of methoxy groups -OCH3 is 1. The summed E-state index contributed by atoms with van der Waals surface area (Å²) < 4.78 is 6.90. The molecule has 0 aliphatic heterocycles. The highest BCUT2D eigenvalue weighted by Gasteiger charge is 2.04. The van der Waals surface area contributed by atoms with Crippen LogP contribution in [0.4, 0.5) is 0 Å². The number of rotatable bonds is 7. The molecule has 0 saturated heterocycles. The van der Waals surface area contributed by atoms with E-state index in [0.29, 0.717) is 11.6 Å². The minimum absolute atomic E-state index is 0.667. The average Bonchev–Trinajstić information content (AvgIpc) is 3.26. The van der Waals surface area contributed by atoms with E-state index in [2.05, 4.69) is 37.8 Å². The largest absolute Gasteiger partial charge is 0.497 e. The third kappa shape index (κ3) is 5.23. The smallest absolute Gasteiger partial charge is 0.191 e. The highest BCUT2D eigenvalue weighted by atomic mass is 35.5. The van der Waals surface area contributed by atoms with Crippen LogP contribution < -0.4 is 15.4 Å². The number of guanidine groups is 1. The molecule has 3 aromatic rings. The molecule has 0 fully saturated rings. The molecule has 1 heterocycles. The molecule has 0 saturated carbocycles. The number of hydrogen-bond donors (Lipinski definition) is 2. The summed E-state index contributed by atoms with van der Waals surface area (Å²) in [7, 11) is 3.38. The molecule has 0 bridgehead atoms. The first-order chi connectivity index (χ1) is 13.7. The summed E-state index contributed by atoms with van der Waals surface area (Å²) in [5, 5.41) is 11.4. The summed E-state index contributed by atoms with van der Waals surface area (Å²) >= 11 is 6.28. The van der Waals surface area contributed by atoms with Crippen molar-refractivity contribution in [3.05, 3.63) is 71.3 Å². The van der Waals surface area contributed by atoms with Crippen LogP contribution in [0.2, 0.25) is 5.02 Å². The number of nitrogens with zero attached hydrogens (tertiary/aromatic N) is 4. The molecule has 146 valence electrons. The Labute approximate surface area is 169 Å². The monoisotopic (exact) mass is 398 g/mol. The summed E-state index contributed by atoms with van der Waals surface area (Å²) in [6.45, 7) is 1.39. The van der Waals surface area contributed by atoms with Crippen LogP contribution >= 0.6 is 11.6 Å². The van der Waals surface area contributed by atoms with Gasteiger partial charge in [-0.05, 0) is 41.8 Å². The van der Waals surface area contributed by atoms with Gasteiger partial charge in [-0.3, -0.25) is 4.99 Å². The first-order valence-electron chi connectivity index (χ1n) is 8.90. The predicted octanol–water partition coefficient (Wildman–Crippen LogP) is 2.84. The van der Waals surface area contributed by atoms with E-state index in [9.17, 15) is 0 Å². The van der Waals surface area contributed by atoms with E-state index >= 15 is 0 Å². The van der Waals surface area contributed by atoms with Crippen LogP contribution in [0.1, 0.15) is 11.1 Å². The maximum Gasteiger partial charge on any atom is 0.191 e. The Morgan fingerprint density at radius 1 is 1.18 bits per heavy atom. The van der Waals surface area contributed by atoms with Gasteiger partial charge in [-0.15, -0.1) is 0 Å². The van der Waals surface area contributed by atoms with Gasteiger partial charge in [-0.25, -0.2) is 9.67 Å². The average molecular weight is 399 g/mol. The van der Waals surface area contributed by atoms with Crippen LogP contribution in [-0.2, 0) is 13.0 Å². The number of benzene rings is 2. The SMILES string of the molecule is CN=C(NCCc1ccc(OC)cc1Cl)NCc1ccc(-n2cncn2)cc1. The number of nitrogens with one attached hydrogen (secondary N) is 2. The van der Waals surface area contributed by atoms with E-state index in [-0.39, 0.29) is 0 Å². The van der Waals surface area contributed by atoms with Crippen molar-refractivity contribution >= 4 is 17.6 Å². The molecule has 2 N–H and O–H groups in total.